The average Bonchev–Trinajstić information content (AvgIpc) is 2.97. The zero-order chi connectivity index (χ0) is 14.4. The van der Waals surface area contributed by atoms with Gasteiger partial charge in [0.05, 0.1) is 12.5 Å². The molecule has 102 valence electrons. The number of carbonyl (C=O) groups is 1. The molecule has 1 aromatic carbocycles. The largest absolute Gasteiger partial charge is 0.472 e. The average molecular weight is 269 g/mol. The molecule has 0 aliphatic rings. The molecule has 0 unspecified atom stereocenters. The first kappa shape index (κ1) is 13.9. The fraction of sp³-hybridized carbons (Fsp3) is 0.188. The molecule has 0 aliphatic heterocycles. The number of benzene rings is 1. The Hall–Kier alpha value is -2.51. The highest BCUT2D eigenvalue weighted by Gasteiger charge is 2.09. The summed E-state index contributed by atoms with van der Waals surface area (Å²) in [6.45, 7) is 2.09. The minimum atomic E-state index is -0.199. The number of hydrogen-bond donors (Lipinski definition) is 2. The molecule has 2 N–H and O–H groups in total. The maximum atomic E-state index is 12.1. The lowest BCUT2D eigenvalue weighted by Gasteiger charge is -2.07. The highest BCUT2D eigenvalue weighted by atomic mass is 16.3. The zero-order valence-electron chi connectivity index (χ0n) is 11.1. The van der Waals surface area contributed by atoms with Gasteiger partial charge in [-0.25, -0.2) is 0 Å². The van der Waals surface area contributed by atoms with Crippen molar-refractivity contribution in [3.63, 3.8) is 0 Å². The van der Waals surface area contributed by atoms with Gasteiger partial charge in [0.1, 0.15) is 6.61 Å². The second-order valence-corrected chi connectivity index (χ2v) is 4.30. The predicted octanol–water partition coefficient (Wildman–Crippen LogP) is 1.86. The molecule has 0 spiro atoms. The molecule has 1 aromatic heterocycles. The Labute approximate surface area is 117 Å². The van der Waals surface area contributed by atoms with Crippen LogP contribution in [0, 0.1) is 18.8 Å². The van der Waals surface area contributed by atoms with Crippen LogP contribution in [0.5, 0.6) is 0 Å². The summed E-state index contributed by atoms with van der Waals surface area (Å²) in [6.07, 6.45) is 3.16. The van der Waals surface area contributed by atoms with Gasteiger partial charge in [-0.2, -0.15) is 0 Å². The van der Waals surface area contributed by atoms with Crippen molar-refractivity contribution in [2.75, 3.05) is 6.61 Å². The van der Waals surface area contributed by atoms with Crippen LogP contribution in [0.1, 0.15) is 27.0 Å². The van der Waals surface area contributed by atoms with E-state index in [1.54, 1.807) is 24.7 Å². The third-order valence-corrected chi connectivity index (χ3v) is 2.83. The van der Waals surface area contributed by atoms with Gasteiger partial charge in [0, 0.05) is 23.2 Å². The summed E-state index contributed by atoms with van der Waals surface area (Å²) in [5, 5.41) is 11.5. The molecule has 2 aromatic rings. The van der Waals surface area contributed by atoms with Gasteiger partial charge in [-0.05, 0) is 30.7 Å². The van der Waals surface area contributed by atoms with Crippen LogP contribution >= 0.6 is 0 Å². The molecule has 0 atom stereocenters. The molecule has 0 aliphatic carbocycles. The van der Waals surface area contributed by atoms with Crippen molar-refractivity contribution in [3.8, 4) is 11.8 Å². The molecule has 0 saturated heterocycles. The summed E-state index contributed by atoms with van der Waals surface area (Å²) in [4.78, 5) is 12.1. The van der Waals surface area contributed by atoms with E-state index < -0.39 is 0 Å². The molecule has 0 radical (unpaired) electrons. The maximum absolute atomic E-state index is 12.1. The predicted molar refractivity (Wildman–Crippen MR) is 75.0 cm³/mol. The van der Waals surface area contributed by atoms with Crippen molar-refractivity contribution in [2.24, 2.45) is 0 Å². The van der Waals surface area contributed by atoms with Gasteiger partial charge in [0.15, 0.2) is 0 Å². The molecule has 20 heavy (non-hydrogen) atoms. The number of hydrogen-bond acceptors (Lipinski definition) is 3. The molecule has 4 nitrogen and oxygen atoms in total. The summed E-state index contributed by atoms with van der Waals surface area (Å²) in [5.74, 6) is 5.20. The molecule has 1 amide bonds. The van der Waals surface area contributed by atoms with E-state index in [0.717, 1.165) is 11.1 Å². The van der Waals surface area contributed by atoms with Crippen molar-refractivity contribution in [1.82, 2.24) is 5.32 Å². The molecule has 1 heterocycles. The quantitative estimate of drug-likeness (QED) is 0.836. The van der Waals surface area contributed by atoms with Crippen LogP contribution in [-0.2, 0) is 6.54 Å². The monoisotopic (exact) mass is 269 g/mol. The van der Waals surface area contributed by atoms with E-state index in [1.807, 2.05) is 19.1 Å². The number of furan rings is 1. The van der Waals surface area contributed by atoms with Crippen molar-refractivity contribution in [3.05, 3.63) is 59.0 Å². The Bertz CT molecular complexity index is 648. The lowest BCUT2D eigenvalue weighted by molar-refractivity contribution is 0.0950. The van der Waals surface area contributed by atoms with Crippen LogP contribution in [0.3, 0.4) is 0 Å². The first-order valence-corrected chi connectivity index (χ1v) is 6.20. The summed E-state index contributed by atoms with van der Waals surface area (Å²) >= 11 is 0. The molecule has 0 saturated carbocycles. The van der Waals surface area contributed by atoms with E-state index in [-0.39, 0.29) is 12.5 Å². The Morgan fingerprint density at radius 3 is 2.95 bits per heavy atom. The topological polar surface area (TPSA) is 62.5 Å². The molecular weight excluding hydrogens is 254 g/mol. The molecular formula is C16H15NO3. The summed E-state index contributed by atoms with van der Waals surface area (Å²) in [6, 6.07) is 7.19. The second kappa shape index (κ2) is 6.60. The van der Waals surface area contributed by atoms with Crippen molar-refractivity contribution >= 4 is 5.91 Å². The molecule has 2 rings (SSSR count). The van der Waals surface area contributed by atoms with Gasteiger partial charge < -0.3 is 14.8 Å². The van der Waals surface area contributed by atoms with Crippen LogP contribution < -0.4 is 5.32 Å². The minimum absolute atomic E-state index is 0.156. The molecule has 0 fully saturated rings. The fourth-order valence-electron chi connectivity index (χ4n) is 1.76. The third kappa shape index (κ3) is 3.50. The number of aryl methyl sites for hydroxylation is 1. The van der Waals surface area contributed by atoms with Crippen LogP contribution in [0.4, 0.5) is 0 Å². The number of aliphatic hydroxyl groups excluding tert-OH is 1. The van der Waals surface area contributed by atoms with E-state index in [2.05, 4.69) is 17.2 Å². The lowest BCUT2D eigenvalue weighted by Crippen LogP contribution is -2.23. The summed E-state index contributed by atoms with van der Waals surface area (Å²) in [5.41, 5.74) is 3.08. The first-order valence-electron chi connectivity index (χ1n) is 6.20. The van der Waals surface area contributed by atoms with Crippen LogP contribution in [-0.4, -0.2) is 17.6 Å². The Balaban J connectivity index is 2.12. The smallest absolute Gasteiger partial charge is 0.251 e. The van der Waals surface area contributed by atoms with Gasteiger partial charge in [-0.15, -0.1) is 0 Å². The van der Waals surface area contributed by atoms with E-state index in [1.165, 1.54) is 0 Å². The lowest BCUT2D eigenvalue weighted by atomic mass is 10.0. The van der Waals surface area contributed by atoms with Crippen molar-refractivity contribution in [2.45, 2.75) is 13.5 Å². The number of rotatable bonds is 3. The summed E-state index contributed by atoms with van der Waals surface area (Å²) in [7, 11) is 0. The van der Waals surface area contributed by atoms with Crippen molar-refractivity contribution < 1.29 is 14.3 Å². The van der Waals surface area contributed by atoms with Crippen molar-refractivity contribution in [1.29, 1.82) is 0 Å². The Morgan fingerprint density at radius 1 is 1.40 bits per heavy atom. The number of carbonyl (C=O) groups excluding carboxylic acids is 1. The van der Waals surface area contributed by atoms with Gasteiger partial charge in [-0.3, -0.25) is 4.79 Å². The van der Waals surface area contributed by atoms with E-state index in [4.69, 9.17) is 9.52 Å². The van der Waals surface area contributed by atoms with Crippen LogP contribution in [0.2, 0.25) is 0 Å². The summed E-state index contributed by atoms with van der Waals surface area (Å²) < 4.78 is 4.95. The van der Waals surface area contributed by atoms with E-state index in [0.29, 0.717) is 17.7 Å². The van der Waals surface area contributed by atoms with Crippen LogP contribution in [0.25, 0.3) is 0 Å². The van der Waals surface area contributed by atoms with Crippen LogP contribution in [0.15, 0.2) is 41.2 Å². The maximum Gasteiger partial charge on any atom is 0.251 e. The third-order valence-electron chi connectivity index (χ3n) is 2.83. The molecule has 0 bridgehead atoms. The second-order valence-electron chi connectivity index (χ2n) is 4.30. The highest BCUT2D eigenvalue weighted by Crippen LogP contribution is 2.11. The van der Waals surface area contributed by atoms with E-state index >= 15 is 0 Å². The highest BCUT2D eigenvalue weighted by molar-refractivity contribution is 5.95. The Kier molecular flexibility index (Phi) is 4.59. The number of aliphatic hydroxyl groups is 1. The zero-order valence-corrected chi connectivity index (χ0v) is 11.1. The first-order chi connectivity index (χ1) is 9.70. The SMILES string of the molecule is Cc1ccc(C#CCO)cc1C(=O)NCc1ccoc1. The number of nitrogens with one attached hydrogen (secondary N) is 1. The minimum Gasteiger partial charge on any atom is -0.472 e. The van der Waals surface area contributed by atoms with Gasteiger partial charge in [0.25, 0.3) is 5.91 Å². The molecule has 4 heteroatoms. The van der Waals surface area contributed by atoms with Gasteiger partial charge in [-0.1, -0.05) is 17.9 Å². The standard InChI is InChI=1S/C16H15NO3/c1-12-4-5-13(3-2-7-18)9-15(12)16(19)17-10-14-6-8-20-11-14/h4-6,8-9,11,18H,7,10H2,1H3,(H,17,19). The van der Waals surface area contributed by atoms with Gasteiger partial charge in [0.2, 0.25) is 0 Å². The number of amides is 1. The fourth-order valence-corrected chi connectivity index (χ4v) is 1.76. The van der Waals surface area contributed by atoms with E-state index in [9.17, 15) is 4.79 Å². The Morgan fingerprint density at radius 2 is 2.25 bits per heavy atom. The normalized spacial score (nSPS) is 9.70. The van der Waals surface area contributed by atoms with Gasteiger partial charge >= 0.3 is 0 Å².